The van der Waals surface area contributed by atoms with E-state index in [0.29, 0.717) is 36.8 Å². The Morgan fingerprint density at radius 2 is 1.25 bits per heavy atom. The zero-order valence-electron chi connectivity index (χ0n) is 24.5. The molecule has 48 heavy (non-hydrogen) atoms. The van der Waals surface area contributed by atoms with E-state index in [2.05, 4.69) is 16.1 Å². The van der Waals surface area contributed by atoms with Gasteiger partial charge in [0, 0.05) is 28.7 Å². The molecule has 254 valence electrons. The minimum atomic E-state index is -5.15. The number of rotatable bonds is 10. The quantitative estimate of drug-likeness (QED) is 0.123. The third-order valence-corrected chi connectivity index (χ3v) is 7.31. The summed E-state index contributed by atoms with van der Waals surface area (Å²) in [7, 11) is 0. The number of alkyl halides is 5. The Morgan fingerprint density at radius 3 is 1.79 bits per heavy atom. The third-order valence-electron chi connectivity index (χ3n) is 7.31. The van der Waals surface area contributed by atoms with Crippen molar-refractivity contribution in [2.75, 3.05) is 13.2 Å². The molecule has 0 bridgehead atoms. The lowest BCUT2D eigenvalue weighted by atomic mass is 9.99. The molecular weight excluding hydrogens is 662 g/mol. The largest absolute Gasteiger partial charge is 0.573 e. The first-order valence-corrected chi connectivity index (χ1v) is 14.2. The monoisotopic (exact) mass is 686 g/mol. The SMILES string of the molecule is C=CCCC1COC(c2cc(F)c(C(F)(F)Oc3ccc(-c4ccc(-c5ccc(OC(F)(F)F)c(F)c5)c(F)c4)c(F)c3)c(F)c2)OC1. The predicted octanol–water partition coefficient (Wildman–Crippen LogP) is 10.4. The number of halogens is 10. The summed E-state index contributed by atoms with van der Waals surface area (Å²) in [5, 5.41) is 0. The van der Waals surface area contributed by atoms with Crippen molar-refractivity contribution in [2.45, 2.75) is 31.6 Å². The molecule has 5 rings (SSSR count). The van der Waals surface area contributed by atoms with Gasteiger partial charge in [-0.05, 0) is 66.4 Å². The zero-order valence-corrected chi connectivity index (χ0v) is 24.5. The summed E-state index contributed by atoms with van der Waals surface area (Å²) in [5.74, 6) is -8.85. The molecule has 0 saturated carbocycles. The van der Waals surface area contributed by atoms with Crippen LogP contribution in [0.5, 0.6) is 11.5 Å². The van der Waals surface area contributed by atoms with Gasteiger partial charge in [0.1, 0.15) is 34.6 Å². The summed E-state index contributed by atoms with van der Waals surface area (Å²) in [4.78, 5) is 0. The summed E-state index contributed by atoms with van der Waals surface area (Å²) in [6, 6.07) is 8.95. The molecule has 14 heteroatoms. The van der Waals surface area contributed by atoms with Crippen molar-refractivity contribution in [2.24, 2.45) is 5.92 Å². The Hall–Kier alpha value is -4.56. The fourth-order valence-electron chi connectivity index (χ4n) is 5.05. The lowest BCUT2D eigenvalue weighted by molar-refractivity contribution is -0.275. The van der Waals surface area contributed by atoms with Crippen molar-refractivity contribution >= 4 is 0 Å². The Bertz CT molecular complexity index is 1780. The Labute approximate surface area is 267 Å². The van der Waals surface area contributed by atoms with Crippen LogP contribution in [0.2, 0.25) is 0 Å². The van der Waals surface area contributed by atoms with Gasteiger partial charge in [0.25, 0.3) is 0 Å². The van der Waals surface area contributed by atoms with E-state index < -0.39 is 64.9 Å². The van der Waals surface area contributed by atoms with Crippen molar-refractivity contribution in [3.05, 3.63) is 120 Å². The highest BCUT2D eigenvalue weighted by atomic mass is 19.4. The molecule has 4 aromatic carbocycles. The molecular formula is C34H24F10O4. The Morgan fingerprint density at radius 1 is 0.688 bits per heavy atom. The van der Waals surface area contributed by atoms with Crippen LogP contribution in [0.4, 0.5) is 43.9 Å². The smallest absolute Gasteiger partial charge is 0.429 e. The Kier molecular flexibility index (Phi) is 10.1. The summed E-state index contributed by atoms with van der Waals surface area (Å²) >= 11 is 0. The summed E-state index contributed by atoms with van der Waals surface area (Å²) in [6.45, 7) is 4.07. The Balaban J connectivity index is 1.30. The van der Waals surface area contributed by atoms with Gasteiger partial charge in [-0.15, -0.1) is 19.8 Å². The molecule has 1 fully saturated rings. The number of allylic oxidation sites excluding steroid dienone is 1. The van der Waals surface area contributed by atoms with E-state index >= 15 is 13.2 Å². The van der Waals surface area contributed by atoms with Crippen molar-refractivity contribution in [1.82, 2.24) is 0 Å². The molecule has 4 nitrogen and oxygen atoms in total. The molecule has 0 amide bonds. The molecule has 1 aliphatic heterocycles. The average Bonchev–Trinajstić information content (AvgIpc) is 3.00. The maximum Gasteiger partial charge on any atom is 0.573 e. The molecule has 1 saturated heterocycles. The zero-order chi connectivity index (χ0) is 34.8. The van der Waals surface area contributed by atoms with Gasteiger partial charge in [0.2, 0.25) is 0 Å². The topological polar surface area (TPSA) is 36.9 Å². The second-order valence-corrected chi connectivity index (χ2v) is 10.7. The second kappa shape index (κ2) is 13.9. The van der Waals surface area contributed by atoms with Crippen molar-refractivity contribution < 1.29 is 62.9 Å². The van der Waals surface area contributed by atoms with Gasteiger partial charge < -0.3 is 18.9 Å². The van der Waals surface area contributed by atoms with Crippen LogP contribution < -0.4 is 9.47 Å². The molecule has 0 aliphatic carbocycles. The van der Waals surface area contributed by atoms with Crippen LogP contribution in [-0.2, 0) is 15.6 Å². The van der Waals surface area contributed by atoms with Crippen LogP contribution in [-0.4, -0.2) is 19.6 Å². The minimum absolute atomic E-state index is 0.0262. The van der Waals surface area contributed by atoms with Crippen LogP contribution in [0.15, 0.2) is 79.4 Å². The van der Waals surface area contributed by atoms with Gasteiger partial charge in [-0.1, -0.05) is 24.3 Å². The molecule has 0 radical (unpaired) electrons. The number of hydrogen-bond donors (Lipinski definition) is 0. The summed E-state index contributed by atoms with van der Waals surface area (Å²) in [5.41, 5.74) is -2.70. The van der Waals surface area contributed by atoms with Crippen molar-refractivity contribution in [3.63, 3.8) is 0 Å². The van der Waals surface area contributed by atoms with Crippen LogP contribution in [0.3, 0.4) is 0 Å². The van der Waals surface area contributed by atoms with E-state index in [1.807, 2.05) is 0 Å². The fraction of sp³-hybridized carbons (Fsp3) is 0.235. The number of benzene rings is 4. The van der Waals surface area contributed by atoms with Gasteiger partial charge in [0.15, 0.2) is 17.9 Å². The van der Waals surface area contributed by atoms with Crippen LogP contribution in [0.25, 0.3) is 22.3 Å². The standard InChI is InChI=1S/C34H24F10O4/c1-2-3-4-18-16-45-32(46-17-18)21-13-28(38)31(29(39)14-21)33(40,41)47-22-7-9-24(26(36)15-22)19-5-8-23(25(35)11-19)20-6-10-30(27(37)12-20)48-34(42,43)44/h2,5-15,18,32H,1,3-4,16-17H2. The molecule has 0 spiro atoms. The molecule has 0 unspecified atom stereocenters. The van der Waals surface area contributed by atoms with Crippen LogP contribution in [0.1, 0.15) is 30.3 Å². The van der Waals surface area contributed by atoms with E-state index in [1.165, 1.54) is 6.07 Å². The van der Waals surface area contributed by atoms with E-state index in [1.54, 1.807) is 6.08 Å². The van der Waals surface area contributed by atoms with Crippen LogP contribution in [0, 0.1) is 35.0 Å². The van der Waals surface area contributed by atoms with Crippen molar-refractivity contribution in [3.8, 4) is 33.8 Å². The van der Waals surface area contributed by atoms with Gasteiger partial charge in [0.05, 0.1) is 13.2 Å². The molecule has 1 aliphatic rings. The molecule has 1 heterocycles. The maximum atomic E-state index is 15.0. The third kappa shape index (κ3) is 7.93. The highest BCUT2D eigenvalue weighted by Crippen LogP contribution is 2.39. The van der Waals surface area contributed by atoms with Gasteiger partial charge in [-0.25, -0.2) is 22.0 Å². The molecule has 4 aromatic rings. The summed E-state index contributed by atoms with van der Waals surface area (Å²) in [6.07, 6.45) is -7.78. The number of hydrogen-bond acceptors (Lipinski definition) is 4. The predicted molar refractivity (Wildman–Crippen MR) is 152 cm³/mol. The van der Waals surface area contributed by atoms with Crippen molar-refractivity contribution in [1.29, 1.82) is 0 Å². The molecule has 0 N–H and O–H groups in total. The van der Waals surface area contributed by atoms with E-state index in [0.717, 1.165) is 36.8 Å². The highest BCUT2D eigenvalue weighted by Gasteiger charge is 2.42. The number of ether oxygens (including phenoxy) is 4. The van der Waals surface area contributed by atoms with Gasteiger partial charge in [-0.2, -0.15) is 8.78 Å². The van der Waals surface area contributed by atoms with E-state index in [-0.39, 0.29) is 46.9 Å². The average molecular weight is 687 g/mol. The maximum absolute atomic E-state index is 15.0. The summed E-state index contributed by atoms with van der Waals surface area (Å²) < 4.78 is 160. The first-order chi connectivity index (χ1) is 22.6. The fourth-order valence-corrected chi connectivity index (χ4v) is 5.05. The first kappa shape index (κ1) is 34.8. The van der Waals surface area contributed by atoms with Gasteiger partial charge >= 0.3 is 12.5 Å². The lowest BCUT2D eigenvalue weighted by Crippen LogP contribution is -2.28. The molecule has 0 aromatic heterocycles. The van der Waals surface area contributed by atoms with Gasteiger partial charge in [-0.3, -0.25) is 0 Å². The molecule has 0 atom stereocenters. The lowest BCUT2D eigenvalue weighted by Gasteiger charge is -2.30. The second-order valence-electron chi connectivity index (χ2n) is 10.7. The van der Waals surface area contributed by atoms with Crippen LogP contribution >= 0.6 is 0 Å². The van der Waals surface area contributed by atoms with E-state index in [9.17, 15) is 30.7 Å². The minimum Gasteiger partial charge on any atom is -0.429 e. The van der Waals surface area contributed by atoms with E-state index in [4.69, 9.17) is 9.47 Å². The highest BCUT2D eigenvalue weighted by molar-refractivity contribution is 5.72. The first-order valence-electron chi connectivity index (χ1n) is 14.2. The normalized spacial score (nSPS) is 16.9.